The third-order valence-electron chi connectivity index (χ3n) is 2.72. The lowest BCUT2D eigenvalue weighted by molar-refractivity contribution is 0.260. The van der Waals surface area contributed by atoms with Gasteiger partial charge in [-0.15, -0.1) is 0 Å². The van der Waals surface area contributed by atoms with Gasteiger partial charge in [-0.3, -0.25) is 0 Å². The fourth-order valence-corrected chi connectivity index (χ4v) is 1.81. The van der Waals surface area contributed by atoms with Gasteiger partial charge in [-0.25, -0.2) is 0 Å². The Bertz CT molecular complexity index is 630. The smallest absolute Gasteiger partial charge is 0.240 e. The Morgan fingerprint density at radius 1 is 1.24 bits per heavy atom. The zero-order valence-corrected chi connectivity index (χ0v) is 13.1. The number of anilines is 1. The van der Waals surface area contributed by atoms with E-state index in [4.69, 9.17) is 26.8 Å². The first kappa shape index (κ1) is 15.4. The Balaban J connectivity index is 2.20. The summed E-state index contributed by atoms with van der Waals surface area (Å²) >= 11 is 6.11. The van der Waals surface area contributed by atoms with E-state index < -0.39 is 0 Å². The summed E-state index contributed by atoms with van der Waals surface area (Å²) < 4.78 is 11.3. The van der Waals surface area contributed by atoms with Crippen molar-refractivity contribution in [3.63, 3.8) is 0 Å². The molecule has 2 aromatic rings. The first-order valence-electron chi connectivity index (χ1n) is 6.79. The molecule has 21 heavy (non-hydrogen) atoms. The van der Waals surface area contributed by atoms with Crippen LogP contribution in [0.5, 0.6) is 17.5 Å². The molecule has 4 nitrogen and oxygen atoms in total. The van der Waals surface area contributed by atoms with Crippen LogP contribution in [0, 0.1) is 12.8 Å². The molecule has 0 bridgehead atoms. The number of nitrogens with two attached hydrogens (primary N) is 1. The first-order chi connectivity index (χ1) is 9.95. The van der Waals surface area contributed by atoms with Crippen LogP contribution in [0.3, 0.4) is 0 Å². The lowest BCUT2D eigenvalue weighted by Crippen LogP contribution is -2.07. The van der Waals surface area contributed by atoms with E-state index in [-0.39, 0.29) is 0 Å². The Kier molecular flexibility index (Phi) is 4.91. The molecule has 0 amide bonds. The van der Waals surface area contributed by atoms with E-state index in [1.807, 2.05) is 19.1 Å². The second kappa shape index (κ2) is 6.68. The molecule has 1 aromatic carbocycles. The topological polar surface area (TPSA) is 57.4 Å². The average Bonchev–Trinajstić information content (AvgIpc) is 2.43. The van der Waals surface area contributed by atoms with Crippen molar-refractivity contribution in [1.29, 1.82) is 0 Å². The molecule has 2 rings (SSSR count). The number of hydrogen-bond donors (Lipinski definition) is 1. The largest absolute Gasteiger partial charge is 0.476 e. The molecule has 0 aliphatic carbocycles. The molecule has 0 aliphatic rings. The summed E-state index contributed by atoms with van der Waals surface area (Å²) in [5, 5.41) is 0.531. The van der Waals surface area contributed by atoms with Crippen LogP contribution in [-0.2, 0) is 0 Å². The lowest BCUT2D eigenvalue weighted by atomic mass is 10.2. The number of aryl methyl sites for hydroxylation is 1. The van der Waals surface area contributed by atoms with E-state index in [1.54, 1.807) is 18.2 Å². The van der Waals surface area contributed by atoms with Crippen molar-refractivity contribution < 1.29 is 9.47 Å². The fourth-order valence-electron chi connectivity index (χ4n) is 1.65. The molecule has 0 radical (unpaired) electrons. The number of benzene rings is 1. The van der Waals surface area contributed by atoms with Crippen LogP contribution in [0.2, 0.25) is 5.02 Å². The normalized spacial score (nSPS) is 10.7. The van der Waals surface area contributed by atoms with Crippen LogP contribution in [0.4, 0.5) is 5.69 Å². The van der Waals surface area contributed by atoms with E-state index in [9.17, 15) is 0 Å². The highest BCUT2D eigenvalue weighted by molar-refractivity contribution is 6.32. The molecule has 0 fully saturated rings. The molecule has 0 aliphatic heterocycles. The number of halogens is 1. The van der Waals surface area contributed by atoms with Crippen LogP contribution in [0.25, 0.3) is 0 Å². The number of ether oxygens (including phenoxy) is 2. The van der Waals surface area contributed by atoms with Crippen molar-refractivity contribution in [2.24, 2.45) is 5.92 Å². The van der Waals surface area contributed by atoms with Gasteiger partial charge in [0.1, 0.15) is 5.75 Å². The summed E-state index contributed by atoms with van der Waals surface area (Å²) in [5.74, 6) is 1.73. The van der Waals surface area contributed by atoms with Gasteiger partial charge < -0.3 is 15.2 Å². The van der Waals surface area contributed by atoms with E-state index in [2.05, 4.69) is 18.8 Å². The monoisotopic (exact) mass is 306 g/mol. The van der Waals surface area contributed by atoms with Gasteiger partial charge in [0.15, 0.2) is 0 Å². The minimum atomic E-state index is 0.380. The summed E-state index contributed by atoms with van der Waals surface area (Å²) in [6, 6.07) is 8.97. The summed E-state index contributed by atoms with van der Waals surface area (Å²) in [5.41, 5.74) is 7.40. The highest BCUT2D eigenvalue weighted by atomic mass is 35.5. The summed E-state index contributed by atoms with van der Waals surface area (Å²) in [7, 11) is 0. The van der Waals surface area contributed by atoms with Gasteiger partial charge in [-0.2, -0.15) is 4.98 Å². The minimum Gasteiger partial charge on any atom is -0.476 e. The highest BCUT2D eigenvalue weighted by Crippen LogP contribution is 2.31. The quantitative estimate of drug-likeness (QED) is 0.886. The summed E-state index contributed by atoms with van der Waals surface area (Å²) in [4.78, 5) is 4.28. The van der Waals surface area contributed by atoms with Crippen molar-refractivity contribution in [3.05, 3.63) is 40.9 Å². The van der Waals surface area contributed by atoms with Crippen molar-refractivity contribution in [3.8, 4) is 17.5 Å². The van der Waals surface area contributed by atoms with E-state index >= 15 is 0 Å². The van der Waals surface area contributed by atoms with Crippen molar-refractivity contribution in [2.75, 3.05) is 12.3 Å². The van der Waals surface area contributed by atoms with Crippen LogP contribution in [-0.4, -0.2) is 11.6 Å². The minimum absolute atomic E-state index is 0.380. The molecular weight excluding hydrogens is 288 g/mol. The maximum absolute atomic E-state index is 6.11. The molecule has 0 unspecified atom stereocenters. The molecule has 5 heteroatoms. The van der Waals surface area contributed by atoms with Gasteiger partial charge in [-0.05, 0) is 36.6 Å². The molecule has 2 N–H and O–H groups in total. The van der Waals surface area contributed by atoms with Gasteiger partial charge in [0.2, 0.25) is 11.8 Å². The molecule has 0 saturated carbocycles. The second-order valence-electron chi connectivity index (χ2n) is 5.28. The summed E-state index contributed by atoms with van der Waals surface area (Å²) in [6.45, 7) is 6.63. The third kappa shape index (κ3) is 4.26. The van der Waals surface area contributed by atoms with E-state index in [0.29, 0.717) is 40.7 Å². The second-order valence-corrected chi connectivity index (χ2v) is 5.69. The zero-order chi connectivity index (χ0) is 15.4. The fraction of sp³-hybridized carbons (Fsp3) is 0.312. The number of aromatic nitrogens is 1. The SMILES string of the molecule is Cc1ccc(Cl)c(Oc2ccc(N)c(OCC(C)C)n2)c1. The molecule has 112 valence electrons. The maximum Gasteiger partial charge on any atom is 0.240 e. The van der Waals surface area contributed by atoms with Crippen LogP contribution < -0.4 is 15.2 Å². The molecule has 0 spiro atoms. The van der Waals surface area contributed by atoms with Gasteiger partial charge in [0.05, 0.1) is 17.3 Å². The van der Waals surface area contributed by atoms with Crippen LogP contribution in [0.1, 0.15) is 19.4 Å². The number of rotatable bonds is 5. The first-order valence-corrected chi connectivity index (χ1v) is 7.17. The number of nitrogen functional groups attached to an aromatic ring is 1. The average molecular weight is 307 g/mol. The number of nitrogens with zero attached hydrogens (tertiary/aromatic N) is 1. The summed E-state index contributed by atoms with van der Waals surface area (Å²) in [6.07, 6.45) is 0. The lowest BCUT2D eigenvalue weighted by Gasteiger charge is -2.12. The highest BCUT2D eigenvalue weighted by Gasteiger charge is 2.09. The predicted octanol–water partition coefficient (Wildman–Crippen LogP) is 4.45. The Morgan fingerprint density at radius 2 is 2.00 bits per heavy atom. The van der Waals surface area contributed by atoms with Crippen molar-refractivity contribution in [2.45, 2.75) is 20.8 Å². The molecule has 1 aromatic heterocycles. The third-order valence-corrected chi connectivity index (χ3v) is 3.03. The van der Waals surface area contributed by atoms with Gasteiger partial charge >= 0.3 is 0 Å². The van der Waals surface area contributed by atoms with Crippen molar-refractivity contribution in [1.82, 2.24) is 4.98 Å². The van der Waals surface area contributed by atoms with Gasteiger partial charge in [0.25, 0.3) is 0 Å². The molecule has 0 saturated heterocycles. The van der Waals surface area contributed by atoms with Gasteiger partial charge in [-0.1, -0.05) is 31.5 Å². The van der Waals surface area contributed by atoms with Crippen LogP contribution >= 0.6 is 11.6 Å². The predicted molar refractivity (Wildman–Crippen MR) is 85.2 cm³/mol. The Morgan fingerprint density at radius 3 is 2.71 bits per heavy atom. The molecule has 1 heterocycles. The van der Waals surface area contributed by atoms with Gasteiger partial charge in [0, 0.05) is 6.07 Å². The Hall–Kier alpha value is -1.94. The number of hydrogen-bond acceptors (Lipinski definition) is 4. The standard InChI is InChI=1S/C16H19ClN2O2/c1-10(2)9-20-16-13(18)6-7-15(19-16)21-14-8-11(3)4-5-12(14)17/h4-8,10H,9,18H2,1-3H3. The molecular formula is C16H19ClN2O2. The van der Waals surface area contributed by atoms with E-state index in [1.165, 1.54) is 0 Å². The van der Waals surface area contributed by atoms with Crippen molar-refractivity contribution >= 4 is 17.3 Å². The van der Waals surface area contributed by atoms with E-state index in [0.717, 1.165) is 5.56 Å². The zero-order valence-electron chi connectivity index (χ0n) is 12.4. The molecule has 0 atom stereocenters. The van der Waals surface area contributed by atoms with Crippen LogP contribution in [0.15, 0.2) is 30.3 Å². The Labute approximate surface area is 129 Å². The number of pyridine rings is 1. The maximum atomic E-state index is 6.11.